The van der Waals surface area contributed by atoms with E-state index in [4.69, 9.17) is 15.2 Å². The SMILES string of the molecule is CCOc1cc2c(cc1CN)CC(CC)N(C(=O)OC(C)(C)C)C2. The topological polar surface area (TPSA) is 64.8 Å². The third kappa shape index (κ3) is 4.20. The number of hydrogen-bond acceptors (Lipinski definition) is 4. The molecule has 1 unspecified atom stereocenters. The molecule has 0 fully saturated rings. The number of benzene rings is 1. The zero-order chi connectivity index (χ0) is 17.9. The van der Waals surface area contributed by atoms with E-state index in [1.54, 1.807) is 0 Å². The lowest BCUT2D eigenvalue weighted by molar-refractivity contribution is 0.0114. The summed E-state index contributed by atoms with van der Waals surface area (Å²) >= 11 is 0. The molecule has 2 rings (SSSR count). The van der Waals surface area contributed by atoms with Gasteiger partial charge in [-0.1, -0.05) is 13.0 Å². The van der Waals surface area contributed by atoms with Gasteiger partial charge in [-0.3, -0.25) is 0 Å². The fourth-order valence-electron chi connectivity index (χ4n) is 3.08. The molecule has 1 aliphatic rings. The third-order valence-corrected chi connectivity index (χ3v) is 4.24. The van der Waals surface area contributed by atoms with E-state index in [9.17, 15) is 4.79 Å². The van der Waals surface area contributed by atoms with Crippen LogP contribution < -0.4 is 10.5 Å². The van der Waals surface area contributed by atoms with Crippen LogP contribution in [0.2, 0.25) is 0 Å². The highest BCUT2D eigenvalue weighted by Crippen LogP contribution is 2.32. The summed E-state index contributed by atoms with van der Waals surface area (Å²) in [7, 11) is 0. The Kier molecular flexibility index (Phi) is 5.75. The van der Waals surface area contributed by atoms with Gasteiger partial charge in [0.1, 0.15) is 11.4 Å². The summed E-state index contributed by atoms with van der Waals surface area (Å²) in [4.78, 5) is 14.4. The summed E-state index contributed by atoms with van der Waals surface area (Å²) in [6, 6.07) is 4.32. The summed E-state index contributed by atoms with van der Waals surface area (Å²) in [6.45, 7) is 11.3. The van der Waals surface area contributed by atoms with Crippen LogP contribution in [0.4, 0.5) is 4.79 Å². The predicted octanol–water partition coefficient (Wildman–Crippen LogP) is 3.62. The Morgan fingerprint density at radius 1 is 1.29 bits per heavy atom. The minimum absolute atomic E-state index is 0.149. The van der Waals surface area contributed by atoms with Crippen molar-refractivity contribution in [1.82, 2.24) is 4.90 Å². The van der Waals surface area contributed by atoms with Crippen molar-refractivity contribution in [3.63, 3.8) is 0 Å². The van der Waals surface area contributed by atoms with Gasteiger partial charge in [-0.15, -0.1) is 0 Å². The van der Waals surface area contributed by atoms with Gasteiger partial charge in [0.05, 0.1) is 6.61 Å². The summed E-state index contributed by atoms with van der Waals surface area (Å²) in [6.07, 6.45) is 1.47. The van der Waals surface area contributed by atoms with Gasteiger partial charge in [0, 0.05) is 24.7 Å². The van der Waals surface area contributed by atoms with Gasteiger partial charge in [-0.05, 0) is 57.7 Å². The van der Waals surface area contributed by atoms with E-state index in [2.05, 4.69) is 13.0 Å². The van der Waals surface area contributed by atoms with Crippen LogP contribution in [0.3, 0.4) is 0 Å². The second-order valence-electron chi connectivity index (χ2n) is 7.24. The molecule has 0 aromatic heterocycles. The van der Waals surface area contributed by atoms with E-state index in [0.29, 0.717) is 19.7 Å². The maximum Gasteiger partial charge on any atom is 0.410 e. The number of nitrogens with zero attached hydrogens (tertiary/aromatic N) is 1. The molecule has 1 aromatic carbocycles. The Balaban J connectivity index is 2.31. The van der Waals surface area contributed by atoms with Gasteiger partial charge in [0.2, 0.25) is 0 Å². The molecule has 1 amide bonds. The number of rotatable bonds is 4. The molecule has 0 saturated heterocycles. The van der Waals surface area contributed by atoms with Crippen LogP contribution in [-0.2, 0) is 24.2 Å². The molecule has 2 N–H and O–H groups in total. The number of fused-ring (bicyclic) bond motifs is 1. The first kappa shape index (κ1) is 18.6. The van der Waals surface area contributed by atoms with Crippen molar-refractivity contribution < 1.29 is 14.3 Å². The molecule has 134 valence electrons. The van der Waals surface area contributed by atoms with Crippen molar-refractivity contribution in [2.45, 2.75) is 72.2 Å². The molecule has 24 heavy (non-hydrogen) atoms. The highest BCUT2D eigenvalue weighted by molar-refractivity contribution is 5.69. The van der Waals surface area contributed by atoms with Crippen LogP contribution in [0.25, 0.3) is 0 Å². The van der Waals surface area contributed by atoms with Crippen molar-refractivity contribution >= 4 is 6.09 Å². The van der Waals surface area contributed by atoms with Crippen LogP contribution in [0, 0.1) is 0 Å². The van der Waals surface area contributed by atoms with E-state index in [-0.39, 0.29) is 12.1 Å². The molecular weight excluding hydrogens is 304 g/mol. The van der Waals surface area contributed by atoms with Gasteiger partial charge in [-0.2, -0.15) is 0 Å². The number of hydrogen-bond donors (Lipinski definition) is 1. The molecule has 1 aromatic rings. The maximum atomic E-state index is 12.6. The van der Waals surface area contributed by atoms with Gasteiger partial charge in [0.15, 0.2) is 0 Å². The van der Waals surface area contributed by atoms with Crippen LogP contribution in [-0.4, -0.2) is 29.2 Å². The number of ether oxygens (including phenoxy) is 2. The van der Waals surface area contributed by atoms with Gasteiger partial charge in [-0.25, -0.2) is 4.79 Å². The molecule has 0 bridgehead atoms. The molecule has 1 atom stereocenters. The van der Waals surface area contributed by atoms with Crippen LogP contribution >= 0.6 is 0 Å². The summed E-state index contributed by atoms with van der Waals surface area (Å²) in [5, 5.41) is 0. The molecule has 1 heterocycles. The second-order valence-corrected chi connectivity index (χ2v) is 7.24. The fraction of sp³-hybridized carbons (Fsp3) is 0.632. The first-order valence-corrected chi connectivity index (χ1v) is 8.76. The highest BCUT2D eigenvalue weighted by atomic mass is 16.6. The Hall–Kier alpha value is -1.75. The zero-order valence-corrected chi connectivity index (χ0v) is 15.5. The molecule has 0 aliphatic carbocycles. The van der Waals surface area contributed by atoms with E-state index < -0.39 is 5.60 Å². The summed E-state index contributed by atoms with van der Waals surface area (Å²) in [5.74, 6) is 0.817. The molecule has 5 heteroatoms. The van der Waals surface area contributed by atoms with Gasteiger partial charge < -0.3 is 20.1 Å². The zero-order valence-electron chi connectivity index (χ0n) is 15.5. The molecule has 0 radical (unpaired) electrons. The maximum absolute atomic E-state index is 12.6. The average molecular weight is 334 g/mol. The van der Waals surface area contributed by atoms with Crippen molar-refractivity contribution in [3.05, 3.63) is 28.8 Å². The lowest BCUT2D eigenvalue weighted by Crippen LogP contribution is -2.46. The average Bonchev–Trinajstić information content (AvgIpc) is 2.51. The number of nitrogens with two attached hydrogens (primary N) is 1. The Bertz CT molecular complexity index is 593. The predicted molar refractivity (Wildman–Crippen MR) is 95.1 cm³/mol. The van der Waals surface area contributed by atoms with E-state index in [0.717, 1.165) is 29.7 Å². The molecule has 0 spiro atoms. The molecular formula is C19H30N2O3. The van der Waals surface area contributed by atoms with Crippen LogP contribution in [0.1, 0.15) is 57.7 Å². The van der Waals surface area contributed by atoms with Gasteiger partial charge in [0.25, 0.3) is 0 Å². The molecule has 0 saturated carbocycles. The third-order valence-electron chi connectivity index (χ3n) is 4.24. The summed E-state index contributed by atoms with van der Waals surface area (Å²) in [5.41, 5.74) is 8.77. The van der Waals surface area contributed by atoms with Crippen LogP contribution in [0.15, 0.2) is 12.1 Å². The second kappa shape index (κ2) is 7.43. The van der Waals surface area contributed by atoms with E-state index in [1.165, 1.54) is 5.56 Å². The van der Waals surface area contributed by atoms with Crippen molar-refractivity contribution in [2.24, 2.45) is 5.73 Å². The smallest absolute Gasteiger partial charge is 0.410 e. The Morgan fingerprint density at radius 2 is 2.00 bits per heavy atom. The standard InChI is InChI=1S/C19H30N2O3/c1-6-16-9-13-8-14(11-20)17(23-7-2)10-15(13)12-21(16)18(22)24-19(3,4)5/h8,10,16H,6-7,9,11-12,20H2,1-5H3. The monoisotopic (exact) mass is 334 g/mol. The number of carbonyl (C=O) groups is 1. The van der Waals surface area contributed by atoms with E-state index >= 15 is 0 Å². The molecule has 1 aliphatic heterocycles. The van der Waals surface area contributed by atoms with E-state index in [1.807, 2.05) is 38.7 Å². The minimum Gasteiger partial charge on any atom is -0.494 e. The lowest BCUT2D eigenvalue weighted by atomic mass is 9.91. The number of amides is 1. The Labute approximate surface area is 145 Å². The largest absolute Gasteiger partial charge is 0.494 e. The molecule has 5 nitrogen and oxygen atoms in total. The quantitative estimate of drug-likeness (QED) is 0.913. The number of carbonyl (C=O) groups excluding carboxylic acids is 1. The van der Waals surface area contributed by atoms with Gasteiger partial charge >= 0.3 is 6.09 Å². The van der Waals surface area contributed by atoms with Crippen LogP contribution in [0.5, 0.6) is 5.75 Å². The summed E-state index contributed by atoms with van der Waals surface area (Å²) < 4.78 is 11.3. The highest BCUT2D eigenvalue weighted by Gasteiger charge is 2.32. The van der Waals surface area contributed by atoms with Crippen molar-refractivity contribution in [3.8, 4) is 5.75 Å². The van der Waals surface area contributed by atoms with Crippen molar-refractivity contribution in [1.29, 1.82) is 0 Å². The van der Waals surface area contributed by atoms with Crippen molar-refractivity contribution in [2.75, 3.05) is 6.61 Å². The fourth-order valence-corrected chi connectivity index (χ4v) is 3.08. The first-order valence-electron chi connectivity index (χ1n) is 8.76. The first-order chi connectivity index (χ1) is 11.3. The lowest BCUT2D eigenvalue weighted by Gasteiger charge is -2.37. The minimum atomic E-state index is -0.491. The normalized spacial score (nSPS) is 17.4. The Morgan fingerprint density at radius 3 is 2.54 bits per heavy atom.